The van der Waals surface area contributed by atoms with Gasteiger partial charge < -0.3 is 10.0 Å². The molecule has 0 aliphatic carbocycles. The number of carboxylic acids is 1. The van der Waals surface area contributed by atoms with E-state index in [9.17, 15) is 9.59 Å². The number of amides is 1. The van der Waals surface area contributed by atoms with Gasteiger partial charge in [-0.2, -0.15) is 0 Å². The first-order valence-corrected chi connectivity index (χ1v) is 7.00. The molecule has 6 nitrogen and oxygen atoms in total. The topological polar surface area (TPSA) is 83.4 Å². The van der Waals surface area contributed by atoms with E-state index in [1.165, 1.54) is 4.90 Å². The van der Waals surface area contributed by atoms with Crippen molar-refractivity contribution < 1.29 is 14.7 Å². The average molecular weight is 285 g/mol. The molecule has 1 amide bonds. The third-order valence-electron chi connectivity index (χ3n) is 2.84. The van der Waals surface area contributed by atoms with Crippen LogP contribution >= 0.6 is 11.5 Å². The Morgan fingerprint density at radius 2 is 2.00 bits per heavy atom. The van der Waals surface area contributed by atoms with Crippen molar-refractivity contribution in [3.8, 4) is 0 Å². The van der Waals surface area contributed by atoms with Crippen molar-refractivity contribution in [2.45, 2.75) is 33.6 Å². The summed E-state index contributed by atoms with van der Waals surface area (Å²) in [5.74, 6) is -1.56. The first-order chi connectivity index (χ1) is 8.88. The summed E-state index contributed by atoms with van der Waals surface area (Å²) in [6, 6.07) is 0. The van der Waals surface area contributed by atoms with Gasteiger partial charge in [-0.15, -0.1) is 5.10 Å². The van der Waals surface area contributed by atoms with E-state index in [1.54, 1.807) is 6.92 Å². The van der Waals surface area contributed by atoms with E-state index in [-0.39, 0.29) is 18.4 Å². The molecule has 1 rings (SSSR count). The van der Waals surface area contributed by atoms with Gasteiger partial charge in [0.05, 0.1) is 11.6 Å². The summed E-state index contributed by atoms with van der Waals surface area (Å²) in [4.78, 5) is 25.3. The van der Waals surface area contributed by atoms with Crippen LogP contribution in [-0.2, 0) is 4.79 Å². The number of carbonyl (C=O) groups excluding carboxylic acids is 1. The van der Waals surface area contributed by atoms with Gasteiger partial charge in [0, 0.05) is 13.1 Å². The highest BCUT2D eigenvalue weighted by atomic mass is 32.1. The predicted octanol–water partition coefficient (Wildman–Crippen LogP) is 1.84. The lowest BCUT2D eigenvalue weighted by molar-refractivity contribution is -0.141. The molecule has 0 fully saturated rings. The van der Waals surface area contributed by atoms with E-state index >= 15 is 0 Å². The molecule has 1 aromatic rings. The lowest BCUT2D eigenvalue weighted by Gasteiger charge is -2.22. The zero-order valence-corrected chi connectivity index (χ0v) is 12.4. The Labute approximate surface area is 116 Å². The maximum Gasteiger partial charge on any atom is 0.308 e. The summed E-state index contributed by atoms with van der Waals surface area (Å²) in [6.45, 7) is 7.97. The van der Waals surface area contributed by atoms with Crippen molar-refractivity contribution in [2.75, 3.05) is 13.1 Å². The number of aliphatic carboxylic acids is 1. The minimum Gasteiger partial charge on any atom is -0.481 e. The number of nitrogens with zero attached hydrogens (tertiary/aromatic N) is 3. The molecule has 0 aliphatic heterocycles. The number of carbonyl (C=O) groups is 2. The third-order valence-corrected chi connectivity index (χ3v) is 3.57. The molecule has 1 atom stereocenters. The van der Waals surface area contributed by atoms with Crippen LogP contribution in [0.1, 0.15) is 49.0 Å². The van der Waals surface area contributed by atoms with Crippen LogP contribution in [0.2, 0.25) is 0 Å². The second-order valence-electron chi connectivity index (χ2n) is 4.73. The Morgan fingerprint density at radius 3 is 2.47 bits per heavy atom. The summed E-state index contributed by atoms with van der Waals surface area (Å²) in [6.07, 6.45) is 0. The quantitative estimate of drug-likeness (QED) is 0.862. The van der Waals surface area contributed by atoms with Crippen LogP contribution in [0.15, 0.2) is 0 Å². The molecule has 0 spiro atoms. The Kier molecular flexibility index (Phi) is 5.41. The largest absolute Gasteiger partial charge is 0.481 e. The average Bonchev–Trinajstić information content (AvgIpc) is 2.83. The van der Waals surface area contributed by atoms with Crippen molar-refractivity contribution >= 4 is 23.4 Å². The molecule has 19 heavy (non-hydrogen) atoms. The van der Waals surface area contributed by atoms with Crippen LogP contribution in [0.4, 0.5) is 0 Å². The molecule has 0 aliphatic rings. The van der Waals surface area contributed by atoms with Crippen molar-refractivity contribution in [1.29, 1.82) is 0 Å². The van der Waals surface area contributed by atoms with E-state index < -0.39 is 11.9 Å². The van der Waals surface area contributed by atoms with Gasteiger partial charge in [-0.05, 0) is 24.4 Å². The number of hydrogen-bond acceptors (Lipinski definition) is 5. The Hall–Kier alpha value is -1.50. The van der Waals surface area contributed by atoms with Gasteiger partial charge in [0.15, 0.2) is 0 Å². The maximum atomic E-state index is 12.4. The van der Waals surface area contributed by atoms with Crippen LogP contribution in [0.3, 0.4) is 0 Å². The lowest BCUT2D eigenvalue weighted by atomic mass is 10.1. The van der Waals surface area contributed by atoms with Gasteiger partial charge in [0.25, 0.3) is 5.91 Å². The summed E-state index contributed by atoms with van der Waals surface area (Å²) in [5.41, 5.74) is 0.677. The fraction of sp³-hybridized carbons (Fsp3) is 0.667. The lowest BCUT2D eigenvalue weighted by Crippen LogP contribution is -2.36. The van der Waals surface area contributed by atoms with E-state index in [2.05, 4.69) is 9.59 Å². The fourth-order valence-corrected chi connectivity index (χ4v) is 2.42. The number of rotatable bonds is 6. The van der Waals surface area contributed by atoms with E-state index in [0.717, 1.165) is 11.5 Å². The molecule has 1 aromatic heterocycles. The summed E-state index contributed by atoms with van der Waals surface area (Å²) in [7, 11) is 0. The molecule has 7 heteroatoms. The van der Waals surface area contributed by atoms with Gasteiger partial charge in [-0.3, -0.25) is 9.59 Å². The van der Waals surface area contributed by atoms with E-state index in [1.807, 2.05) is 20.8 Å². The zero-order chi connectivity index (χ0) is 14.6. The van der Waals surface area contributed by atoms with Crippen molar-refractivity contribution in [3.05, 3.63) is 10.6 Å². The summed E-state index contributed by atoms with van der Waals surface area (Å²) < 4.78 is 3.82. The van der Waals surface area contributed by atoms with Gasteiger partial charge in [0.1, 0.15) is 4.88 Å². The summed E-state index contributed by atoms with van der Waals surface area (Å²) in [5, 5.41) is 12.9. The Bertz CT molecular complexity index is 459. The van der Waals surface area contributed by atoms with Gasteiger partial charge in [-0.25, -0.2) is 0 Å². The Morgan fingerprint density at radius 1 is 1.37 bits per heavy atom. The minimum absolute atomic E-state index is 0.119. The van der Waals surface area contributed by atoms with Crippen molar-refractivity contribution in [3.63, 3.8) is 0 Å². The van der Waals surface area contributed by atoms with Gasteiger partial charge >= 0.3 is 5.97 Å². The van der Waals surface area contributed by atoms with Crippen LogP contribution in [-0.4, -0.2) is 44.6 Å². The van der Waals surface area contributed by atoms with Crippen LogP contribution < -0.4 is 0 Å². The highest BCUT2D eigenvalue weighted by molar-refractivity contribution is 7.08. The van der Waals surface area contributed by atoms with Crippen LogP contribution in [0.25, 0.3) is 0 Å². The molecule has 0 saturated heterocycles. The number of hydrogen-bond donors (Lipinski definition) is 1. The standard InChI is InChI=1S/C12H19N3O3S/c1-5-15(6-8(4)12(17)18)11(16)10-9(7(2)3)13-14-19-10/h7-8H,5-6H2,1-4H3,(H,17,18). The second kappa shape index (κ2) is 6.60. The normalized spacial score (nSPS) is 12.5. The molecule has 1 unspecified atom stereocenters. The number of carboxylic acid groups (broad SMARTS) is 1. The SMILES string of the molecule is CCN(CC(C)C(=O)O)C(=O)c1snnc1C(C)C. The molecule has 0 bridgehead atoms. The predicted molar refractivity (Wildman–Crippen MR) is 72.4 cm³/mol. The zero-order valence-electron chi connectivity index (χ0n) is 11.6. The molecule has 106 valence electrons. The van der Waals surface area contributed by atoms with E-state index in [4.69, 9.17) is 5.11 Å². The monoisotopic (exact) mass is 285 g/mol. The molecule has 0 aromatic carbocycles. The highest BCUT2D eigenvalue weighted by Crippen LogP contribution is 2.21. The molecule has 1 N–H and O–H groups in total. The van der Waals surface area contributed by atoms with Crippen LogP contribution in [0.5, 0.6) is 0 Å². The Balaban J connectivity index is 2.89. The van der Waals surface area contributed by atoms with Crippen molar-refractivity contribution in [2.24, 2.45) is 5.92 Å². The minimum atomic E-state index is -0.905. The first kappa shape index (κ1) is 15.6. The molecular formula is C12H19N3O3S. The van der Waals surface area contributed by atoms with E-state index in [0.29, 0.717) is 17.1 Å². The fourth-order valence-electron chi connectivity index (χ4n) is 1.63. The van der Waals surface area contributed by atoms with Crippen LogP contribution in [0, 0.1) is 5.92 Å². The molecule has 0 saturated carbocycles. The number of aromatic nitrogens is 2. The van der Waals surface area contributed by atoms with Gasteiger partial charge in [-0.1, -0.05) is 25.3 Å². The maximum absolute atomic E-state index is 12.4. The second-order valence-corrected chi connectivity index (χ2v) is 5.48. The molecular weight excluding hydrogens is 266 g/mol. The smallest absolute Gasteiger partial charge is 0.308 e. The third kappa shape index (κ3) is 3.73. The van der Waals surface area contributed by atoms with Crippen molar-refractivity contribution in [1.82, 2.24) is 14.5 Å². The first-order valence-electron chi connectivity index (χ1n) is 6.22. The summed E-state index contributed by atoms with van der Waals surface area (Å²) >= 11 is 1.07. The highest BCUT2D eigenvalue weighted by Gasteiger charge is 2.25. The molecule has 0 radical (unpaired) electrons. The molecule has 1 heterocycles. The van der Waals surface area contributed by atoms with Gasteiger partial charge in [0.2, 0.25) is 0 Å².